The van der Waals surface area contributed by atoms with Gasteiger partial charge in [-0.05, 0) is 24.3 Å². The predicted octanol–water partition coefficient (Wildman–Crippen LogP) is 2.09. The number of nitrogens with zero attached hydrogens (tertiary/aromatic N) is 1. The van der Waals surface area contributed by atoms with Gasteiger partial charge in [-0.2, -0.15) is 0 Å². The number of anilines is 1. The molecule has 0 atom stereocenters. The first kappa shape index (κ1) is 19.2. The maximum absolute atomic E-state index is 13.7. The molecule has 0 radical (unpaired) electrons. The molecule has 2 heterocycles. The van der Waals surface area contributed by atoms with E-state index in [1.54, 1.807) is 18.2 Å². The average molecular weight is 413 g/mol. The summed E-state index contributed by atoms with van der Waals surface area (Å²) < 4.78 is 29.6. The quantitative estimate of drug-likeness (QED) is 0.574. The van der Waals surface area contributed by atoms with Gasteiger partial charge in [0, 0.05) is 11.6 Å². The van der Waals surface area contributed by atoms with Crippen LogP contribution in [0.15, 0.2) is 42.1 Å². The number of amides is 4. The molecule has 0 aromatic heterocycles. The topological polar surface area (TPSA) is 106 Å². The van der Waals surface area contributed by atoms with E-state index in [0.29, 0.717) is 22.8 Å². The lowest BCUT2D eigenvalue weighted by molar-refractivity contribution is -0.127. The van der Waals surface area contributed by atoms with Crippen LogP contribution in [0, 0.1) is 5.82 Å². The fourth-order valence-electron chi connectivity index (χ4n) is 3.00. The second-order valence-corrected chi connectivity index (χ2v) is 6.35. The zero-order valence-corrected chi connectivity index (χ0v) is 15.7. The first-order valence-electron chi connectivity index (χ1n) is 8.83. The van der Waals surface area contributed by atoms with Crippen LogP contribution < -0.4 is 24.8 Å². The largest absolute Gasteiger partial charge is 0.496 e. The lowest BCUT2D eigenvalue weighted by Gasteiger charge is -2.12. The van der Waals surface area contributed by atoms with Gasteiger partial charge in [0.05, 0.1) is 12.8 Å². The maximum Gasteiger partial charge on any atom is 0.329 e. The van der Waals surface area contributed by atoms with Gasteiger partial charge in [-0.25, -0.2) is 14.1 Å². The Morgan fingerprint density at radius 1 is 1.27 bits per heavy atom. The molecule has 2 aromatic rings. The number of fused-ring (bicyclic) bond motifs is 1. The van der Waals surface area contributed by atoms with E-state index >= 15 is 0 Å². The lowest BCUT2D eigenvalue weighted by atomic mass is 10.1. The summed E-state index contributed by atoms with van der Waals surface area (Å²) in [7, 11) is 1.45. The molecule has 2 aliphatic rings. The van der Waals surface area contributed by atoms with Crippen molar-refractivity contribution >= 4 is 29.6 Å². The van der Waals surface area contributed by atoms with Crippen molar-refractivity contribution in [3.8, 4) is 17.2 Å². The highest BCUT2D eigenvalue weighted by Crippen LogP contribution is 2.39. The van der Waals surface area contributed by atoms with Crippen LogP contribution in [0.2, 0.25) is 0 Å². The highest BCUT2D eigenvalue weighted by molar-refractivity contribution is 6.16. The third-order valence-electron chi connectivity index (χ3n) is 4.44. The molecule has 154 valence electrons. The standard InChI is InChI=1S/C20H16FN3O6/c1-28-15-8-17-16(29-10-30-17)7-11(15)6-14-19(26)24(20(27)23-14)9-18(25)22-13-5-3-2-4-12(13)21/h2-8H,9-10H2,1H3,(H,22,25)(H,23,27)/b14-6+. The fraction of sp³-hybridized carbons (Fsp3) is 0.150. The summed E-state index contributed by atoms with van der Waals surface area (Å²) in [5, 5.41) is 4.75. The number of ether oxygens (including phenoxy) is 3. The zero-order valence-electron chi connectivity index (χ0n) is 15.7. The number of hydrogen-bond donors (Lipinski definition) is 2. The Balaban J connectivity index is 1.52. The fourth-order valence-corrected chi connectivity index (χ4v) is 3.00. The van der Waals surface area contributed by atoms with E-state index in [2.05, 4.69) is 10.6 Å². The number of nitrogens with one attached hydrogen (secondary N) is 2. The van der Waals surface area contributed by atoms with Crippen LogP contribution in [0.5, 0.6) is 17.2 Å². The molecule has 0 saturated carbocycles. The normalized spacial score (nSPS) is 16.1. The van der Waals surface area contributed by atoms with E-state index in [1.807, 2.05) is 0 Å². The minimum Gasteiger partial charge on any atom is -0.496 e. The Morgan fingerprint density at radius 3 is 2.73 bits per heavy atom. The first-order chi connectivity index (χ1) is 14.5. The van der Waals surface area contributed by atoms with E-state index in [-0.39, 0.29) is 18.2 Å². The number of urea groups is 1. The molecular formula is C20H16FN3O6. The van der Waals surface area contributed by atoms with E-state index < -0.39 is 30.2 Å². The molecule has 1 fully saturated rings. The average Bonchev–Trinajstić information content (AvgIpc) is 3.28. The highest BCUT2D eigenvalue weighted by Gasteiger charge is 2.35. The van der Waals surface area contributed by atoms with Crippen LogP contribution in [-0.4, -0.2) is 43.2 Å². The van der Waals surface area contributed by atoms with Gasteiger partial charge in [0.25, 0.3) is 5.91 Å². The summed E-state index contributed by atoms with van der Waals surface area (Å²) in [4.78, 5) is 37.7. The van der Waals surface area contributed by atoms with Crippen LogP contribution >= 0.6 is 0 Å². The Bertz CT molecular complexity index is 1080. The molecule has 0 unspecified atom stereocenters. The summed E-state index contributed by atoms with van der Waals surface area (Å²) in [6, 6.07) is 8.03. The smallest absolute Gasteiger partial charge is 0.329 e. The predicted molar refractivity (Wildman–Crippen MR) is 102 cm³/mol. The van der Waals surface area contributed by atoms with Crippen molar-refractivity contribution in [1.29, 1.82) is 0 Å². The molecule has 30 heavy (non-hydrogen) atoms. The van der Waals surface area contributed by atoms with Crippen LogP contribution in [0.25, 0.3) is 6.08 Å². The van der Waals surface area contributed by atoms with E-state index in [1.165, 1.54) is 31.4 Å². The molecule has 9 nitrogen and oxygen atoms in total. The second-order valence-electron chi connectivity index (χ2n) is 6.35. The lowest BCUT2D eigenvalue weighted by Crippen LogP contribution is -2.38. The number of rotatable bonds is 5. The van der Waals surface area contributed by atoms with Crippen molar-refractivity contribution in [3.63, 3.8) is 0 Å². The minimum atomic E-state index is -0.769. The van der Waals surface area contributed by atoms with Gasteiger partial charge in [-0.15, -0.1) is 0 Å². The van der Waals surface area contributed by atoms with Gasteiger partial charge in [-0.3, -0.25) is 9.59 Å². The number of benzene rings is 2. The van der Waals surface area contributed by atoms with Crippen molar-refractivity contribution in [3.05, 3.63) is 53.5 Å². The number of carbonyl (C=O) groups is 3. The number of imide groups is 1. The van der Waals surface area contributed by atoms with Gasteiger partial charge < -0.3 is 24.8 Å². The Labute approximate surface area is 170 Å². The number of carbonyl (C=O) groups excluding carboxylic acids is 3. The molecule has 0 bridgehead atoms. The first-order valence-corrected chi connectivity index (χ1v) is 8.83. The van der Waals surface area contributed by atoms with E-state index in [4.69, 9.17) is 14.2 Å². The van der Waals surface area contributed by atoms with Crippen molar-refractivity contribution in [2.75, 3.05) is 25.8 Å². The highest BCUT2D eigenvalue weighted by atomic mass is 19.1. The molecule has 0 aliphatic carbocycles. The summed E-state index contributed by atoms with van der Waals surface area (Å²) in [6.45, 7) is -0.506. The Morgan fingerprint density at radius 2 is 2.00 bits per heavy atom. The number of hydrogen-bond acceptors (Lipinski definition) is 6. The van der Waals surface area contributed by atoms with Crippen molar-refractivity contribution in [2.24, 2.45) is 0 Å². The van der Waals surface area contributed by atoms with Gasteiger partial charge in [0.15, 0.2) is 11.5 Å². The summed E-state index contributed by atoms with van der Waals surface area (Å²) in [5.74, 6) is -0.667. The molecule has 2 aliphatic heterocycles. The van der Waals surface area contributed by atoms with Crippen molar-refractivity contribution < 1.29 is 33.0 Å². The number of para-hydroxylation sites is 1. The number of halogens is 1. The molecular weight excluding hydrogens is 397 g/mol. The molecule has 1 saturated heterocycles. The zero-order chi connectivity index (χ0) is 21.3. The number of methoxy groups -OCH3 is 1. The second kappa shape index (κ2) is 7.74. The Kier molecular flexibility index (Phi) is 4.97. The van der Waals surface area contributed by atoms with Crippen molar-refractivity contribution in [1.82, 2.24) is 10.2 Å². The summed E-state index contributed by atoms with van der Waals surface area (Å²) in [6.07, 6.45) is 1.41. The SMILES string of the molecule is COc1cc2c(cc1/C=C1/NC(=O)N(CC(=O)Nc3ccccc3F)C1=O)OCO2. The monoisotopic (exact) mass is 413 g/mol. The minimum absolute atomic E-state index is 0.0455. The van der Waals surface area contributed by atoms with Crippen LogP contribution in [0.4, 0.5) is 14.9 Å². The van der Waals surface area contributed by atoms with Gasteiger partial charge >= 0.3 is 6.03 Å². The Hall–Kier alpha value is -4.08. The molecule has 4 rings (SSSR count). The maximum atomic E-state index is 13.7. The van der Waals surface area contributed by atoms with Gasteiger partial charge in [0.1, 0.15) is 23.8 Å². The van der Waals surface area contributed by atoms with Crippen LogP contribution in [0.1, 0.15) is 5.56 Å². The molecule has 2 N–H and O–H groups in total. The van der Waals surface area contributed by atoms with Gasteiger partial charge in [0.2, 0.25) is 12.7 Å². The van der Waals surface area contributed by atoms with Crippen LogP contribution in [-0.2, 0) is 9.59 Å². The molecule has 0 spiro atoms. The van der Waals surface area contributed by atoms with E-state index in [9.17, 15) is 18.8 Å². The summed E-state index contributed by atoms with van der Waals surface area (Å²) in [5.41, 5.74) is 0.384. The molecule has 10 heteroatoms. The summed E-state index contributed by atoms with van der Waals surface area (Å²) >= 11 is 0. The molecule has 4 amide bonds. The van der Waals surface area contributed by atoms with Gasteiger partial charge in [-0.1, -0.05) is 12.1 Å². The van der Waals surface area contributed by atoms with Crippen LogP contribution in [0.3, 0.4) is 0 Å². The van der Waals surface area contributed by atoms with Crippen molar-refractivity contribution in [2.45, 2.75) is 0 Å². The third kappa shape index (κ3) is 3.62. The molecule has 2 aromatic carbocycles. The van der Waals surface area contributed by atoms with E-state index in [0.717, 1.165) is 4.90 Å². The third-order valence-corrected chi connectivity index (χ3v) is 4.44.